The van der Waals surface area contributed by atoms with Crippen molar-refractivity contribution in [1.82, 2.24) is 0 Å². The molecule has 6 nitrogen and oxygen atoms in total. The molecule has 0 unspecified atom stereocenters. The summed E-state index contributed by atoms with van der Waals surface area (Å²) in [5.74, 6) is 0.320. The SMILES string of the molecule is CC1(C)C(/C=C2/C(=O)C(/C=C3\N(CCOc4ccccc4)c4ccc(C(F)(F)F)cc4C3(C)C)=C2O)=[N+](CCOc2ccccc2)c2ccc(F)cc21. The standard InChI is InChI=1S/C43H38F4N2O4/c1-41(2)33-23-27(43(45,46)47)15-17-35(33)48(19-21-52-29-11-7-5-8-12-29)37(41)25-31-39(50)32(40(31)51)26-38-42(3,4)34-24-28(44)16-18-36(34)49(38)20-22-53-30-13-9-6-10-14-30/h5-18,23-26H,19-22H2,1-4H3/p+1. The first-order valence-electron chi connectivity index (χ1n) is 17.4. The number of hydrogen-bond acceptors (Lipinski definition) is 5. The molecule has 0 saturated heterocycles. The number of para-hydroxylation sites is 2. The molecule has 1 aliphatic carbocycles. The largest absolute Gasteiger partial charge is 0.506 e. The molecule has 53 heavy (non-hydrogen) atoms. The van der Waals surface area contributed by atoms with Crippen molar-refractivity contribution in [1.29, 1.82) is 0 Å². The minimum atomic E-state index is -4.54. The lowest BCUT2D eigenvalue weighted by atomic mass is 9.77. The molecule has 2 aliphatic heterocycles. The molecule has 0 radical (unpaired) electrons. The van der Waals surface area contributed by atoms with Gasteiger partial charge in [-0.1, -0.05) is 50.2 Å². The quantitative estimate of drug-likeness (QED) is 0.100. The maximum atomic E-state index is 14.5. The van der Waals surface area contributed by atoms with Gasteiger partial charge in [0.15, 0.2) is 12.3 Å². The number of rotatable bonds is 10. The third-order valence-electron chi connectivity index (χ3n) is 10.3. The van der Waals surface area contributed by atoms with Gasteiger partial charge in [-0.2, -0.15) is 17.7 Å². The molecule has 2 heterocycles. The van der Waals surface area contributed by atoms with Gasteiger partial charge in [0, 0.05) is 34.5 Å². The Hall–Kier alpha value is -5.64. The Labute approximate surface area is 305 Å². The van der Waals surface area contributed by atoms with Crippen molar-refractivity contribution in [2.24, 2.45) is 0 Å². The van der Waals surface area contributed by atoms with E-state index in [4.69, 9.17) is 9.47 Å². The number of halogens is 4. The zero-order chi connectivity index (χ0) is 37.7. The molecule has 4 aromatic rings. The Morgan fingerprint density at radius 2 is 1.43 bits per heavy atom. The number of alkyl halides is 3. The number of ketones is 1. The summed E-state index contributed by atoms with van der Waals surface area (Å²) in [4.78, 5) is 15.8. The second kappa shape index (κ2) is 13.4. The van der Waals surface area contributed by atoms with Crippen molar-refractivity contribution >= 4 is 22.9 Å². The number of Topliss-reactive ketones (excluding diaryl/α,β-unsaturated/α-hetero) is 1. The van der Waals surface area contributed by atoms with E-state index in [9.17, 15) is 27.5 Å². The molecule has 0 amide bonds. The lowest BCUT2D eigenvalue weighted by Gasteiger charge is -2.29. The number of carbonyl (C=O) groups excluding carboxylic acids is 1. The van der Waals surface area contributed by atoms with Crippen LogP contribution in [0.25, 0.3) is 0 Å². The van der Waals surface area contributed by atoms with E-state index in [2.05, 4.69) is 0 Å². The van der Waals surface area contributed by atoms with Gasteiger partial charge in [-0.15, -0.1) is 0 Å². The van der Waals surface area contributed by atoms with Crippen molar-refractivity contribution < 1.29 is 41.5 Å². The average Bonchev–Trinajstić information content (AvgIpc) is 3.47. The Kier molecular flexibility index (Phi) is 9.04. The molecule has 4 aromatic carbocycles. The van der Waals surface area contributed by atoms with Crippen LogP contribution in [0, 0.1) is 5.82 Å². The lowest BCUT2D eigenvalue weighted by Crippen LogP contribution is -2.33. The number of aliphatic hydroxyl groups excluding tert-OH is 1. The lowest BCUT2D eigenvalue weighted by molar-refractivity contribution is -0.439. The minimum Gasteiger partial charge on any atom is -0.506 e. The van der Waals surface area contributed by atoms with E-state index < -0.39 is 28.4 Å². The van der Waals surface area contributed by atoms with Crippen LogP contribution in [0.1, 0.15) is 44.4 Å². The first-order chi connectivity index (χ1) is 25.2. The van der Waals surface area contributed by atoms with Gasteiger partial charge in [-0.3, -0.25) is 4.79 Å². The molecule has 3 aliphatic rings. The van der Waals surface area contributed by atoms with Crippen LogP contribution in [0.5, 0.6) is 11.5 Å². The predicted octanol–water partition coefficient (Wildman–Crippen LogP) is 9.38. The minimum absolute atomic E-state index is 0.0519. The van der Waals surface area contributed by atoms with Crippen molar-refractivity contribution in [3.05, 3.63) is 154 Å². The Morgan fingerprint density at radius 1 is 0.792 bits per heavy atom. The third-order valence-corrected chi connectivity index (χ3v) is 10.3. The average molecular weight is 724 g/mol. The highest BCUT2D eigenvalue weighted by molar-refractivity contribution is 6.24. The number of nitrogens with zero attached hydrogens (tertiary/aromatic N) is 2. The number of anilines is 1. The van der Waals surface area contributed by atoms with Crippen LogP contribution in [0.15, 0.2) is 132 Å². The summed E-state index contributed by atoms with van der Waals surface area (Å²) in [7, 11) is 0. The molecule has 0 saturated carbocycles. The first-order valence-corrected chi connectivity index (χ1v) is 17.4. The van der Waals surface area contributed by atoms with Crippen LogP contribution in [-0.2, 0) is 21.8 Å². The molecular weight excluding hydrogens is 684 g/mol. The molecule has 10 heteroatoms. The number of allylic oxidation sites excluding steroid dienone is 5. The summed E-state index contributed by atoms with van der Waals surface area (Å²) < 4.78 is 70.0. The Balaban J connectivity index is 1.25. The van der Waals surface area contributed by atoms with Crippen molar-refractivity contribution in [2.75, 3.05) is 31.2 Å². The summed E-state index contributed by atoms with van der Waals surface area (Å²) in [6, 6.07) is 26.8. The fourth-order valence-electron chi connectivity index (χ4n) is 7.43. The molecule has 0 aromatic heterocycles. The molecule has 0 bridgehead atoms. The second-order valence-electron chi connectivity index (χ2n) is 14.3. The van der Waals surface area contributed by atoms with E-state index in [0.29, 0.717) is 47.3 Å². The number of hydrogen-bond donors (Lipinski definition) is 1. The van der Waals surface area contributed by atoms with Crippen molar-refractivity contribution in [3.63, 3.8) is 0 Å². The summed E-state index contributed by atoms with van der Waals surface area (Å²) in [5.41, 5.74) is 1.44. The van der Waals surface area contributed by atoms with Crippen LogP contribution < -0.4 is 14.4 Å². The fraction of sp³-hybridized carbons (Fsp3) is 0.256. The zero-order valence-corrected chi connectivity index (χ0v) is 29.8. The maximum absolute atomic E-state index is 14.5. The maximum Gasteiger partial charge on any atom is 0.416 e. The van der Waals surface area contributed by atoms with Crippen molar-refractivity contribution in [2.45, 2.75) is 44.7 Å². The number of fused-ring (bicyclic) bond motifs is 2. The number of ether oxygens (including phenoxy) is 2. The van der Waals surface area contributed by atoms with Gasteiger partial charge < -0.3 is 19.5 Å². The van der Waals surface area contributed by atoms with Gasteiger partial charge in [0.1, 0.15) is 36.3 Å². The smallest absolute Gasteiger partial charge is 0.416 e. The second-order valence-corrected chi connectivity index (χ2v) is 14.3. The molecule has 1 N–H and O–H groups in total. The summed E-state index contributed by atoms with van der Waals surface area (Å²) >= 11 is 0. The van der Waals surface area contributed by atoms with Gasteiger partial charge in [-0.05, 0) is 80.1 Å². The van der Waals surface area contributed by atoms with Crippen LogP contribution in [0.4, 0.5) is 28.9 Å². The van der Waals surface area contributed by atoms with Crippen LogP contribution in [-0.4, -0.2) is 47.5 Å². The van der Waals surface area contributed by atoms with Gasteiger partial charge in [0.25, 0.3) is 0 Å². The number of aliphatic hydroxyl groups is 1. The topological polar surface area (TPSA) is 62.0 Å². The molecule has 7 rings (SSSR count). The van der Waals surface area contributed by atoms with Gasteiger partial charge in [0.05, 0.1) is 28.7 Å². The van der Waals surface area contributed by atoms with Crippen LogP contribution >= 0.6 is 0 Å². The number of carbonyl (C=O) groups is 1. The fourth-order valence-corrected chi connectivity index (χ4v) is 7.43. The summed E-state index contributed by atoms with van der Waals surface area (Å²) in [6.45, 7) is 8.64. The molecule has 0 atom stereocenters. The molecule has 272 valence electrons. The molecular formula is C43H39F4N2O4+. The summed E-state index contributed by atoms with van der Waals surface area (Å²) in [6.07, 6.45) is -1.32. The van der Waals surface area contributed by atoms with Gasteiger partial charge >= 0.3 is 6.18 Å². The molecule has 0 spiro atoms. The highest BCUT2D eigenvalue weighted by Gasteiger charge is 2.48. The Morgan fingerprint density at radius 3 is 2.06 bits per heavy atom. The first kappa shape index (κ1) is 35.7. The van der Waals surface area contributed by atoms with E-state index >= 15 is 0 Å². The summed E-state index contributed by atoms with van der Waals surface area (Å²) in [5, 5.41) is 11.5. The highest BCUT2D eigenvalue weighted by atomic mass is 19.4. The van der Waals surface area contributed by atoms with Gasteiger partial charge in [-0.25, -0.2) is 4.39 Å². The monoisotopic (exact) mass is 723 g/mol. The predicted molar refractivity (Wildman–Crippen MR) is 196 cm³/mol. The van der Waals surface area contributed by atoms with Crippen LogP contribution in [0.2, 0.25) is 0 Å². The van der Waals surface area contributed by atoms with E-state index in [1.165, 1.54) is 18.2 Å². The van der Waals surface area contributed by atoms with E-state index in [0.717, 1.165) is 23.4 Å². The molecule has 0 fully saturated rings. The normalized spacial score (nSPS) is 18.8. The van der Waals surface area contributed by atoms with Crippen molar-refractivity contribution in [3.8, 4) is 11.5 Å². The number of benzene rings is 4. The Bertz CT molecular complexity index is 2220. The zero-order valence-electron chi connectivity index (χ0n) is 29.8. The highest BCUT2D eigenvalue weighted by Crippen LogP contribution is 2.50. The van der Waals surface area contributed by atoms with Gasteiger partial charge in [0.2, 0.25) is 11.5 Å². The third kappa shape index (κ3) is 6.51. The van der Waals surface area contributed by atoms with E-state index in [1.54, 1.807) is 32.1 Å². The van der Waals surface area contributed by atoms with Crippen LogP contribution in [0.3, 0.4) is 0 Å². The van der Waals surface area contributed by atoms with E-state index in [1.807, 2.05) is 84.0 Å². The van der Waals surface area contributed by atoms with E-state index in [-0.39, 0.29) is 35.9 Å².